The normalized spacial score (nSPS) is 12.8. The lowest BCUT2D eigenvalue weighted by Gasteiger charge is -2.11. The van der Waals surface area contributed by atoms with Crippen LogP contribution in [0.25, 0.3) is 0 Å². The third kappa shape index (κ3) is 2.59. The molecule has 1 N–H and O–H groups in total. The third-order valence-corrected chi connectivity index (χ3v) is 4.21. The summed E-state index contributed by atoms with van der Waals surface area (Å²) < 4.78 is 2.34. The smallest absolute Gasteiger partial charge is 0.144 e. The Morgan fingerprint density at radius 3 is 2.35 bits per heavy atom. The zero-order valence-electron chi connectivity index (χ0n) is 8.86. The fraction of sp³-hybridized carbons (Fsp3) is 0.182. The first-order valence-corrected chi connectivity index (χ1v) is 6.65. The highest BCUT2D eigenvalue weighted by Crippen LogP contribution is 2.27. The molecular weight excluding hydrogens is 374 g/mol. The first kappa shape index (κ1) is 13.1. The van der Waals surface area contributed by atoms with Crippen LogP contribution in [-0.4, -0.2) is 14.7 Å². The summed E-state index contributed by atoms with van der Waals surface area (Å²) in [5.74, 6) is 0.515. The first-order chi connectivity index (χ1) is 8.00. The molecule has 0 saturated carbocycles. The van der Waals surface area contributed by atoms with Crippen molar-refractivity contribution < 1.29 is 5.11 Å². The fourth-order valence-electron chi connectivity index (χ4n) is 1.50. The maximum absolute atomic E-state index is 10.2. The highest BCUT2D eigenvalue weighted by atomic mass is 127. The molecule has 0 aliphatic heterocycles. The minimum absolute atomic E-state index is 0.515. The number of aromatic nitrogens is 2. The SMILES string of the molecule is Cn1c([C@@H](O)c2ccc(Cl)cc2)nc(I)c1Cl. The van der Waals surface area contributed by atoms with Gasteiger partial charge in [0.15, 0.2) is 0 Å². The predicted octanol–water partition coefficient (Wildman–Crippen LogP) is 3.41. The number of aliphatic hydroxyl groups excluding tert-OH is 1. The van der Waals surface area contributed by atoms with E-state index in [1.165, 1.54) is 0 Å². The highest BCUT2D eigenvalue weighted by Gasteiger charge is 2.19. The second-order valence-corrected chi connectivity index (χ2v) is 5.38. The van der Waals surface area contributed by atoms with Gasteiger partial charge in [0.1, 0.15) is 20.8 Å². The van der Waals surface area contributed by atoms with Gasteiger partial charge in [0.25, 0.3) is 0 Å². The fourth-order valence-corrected chi connectivity index (χ4v) is 2.36. The quantitative estimate of drug-likeness (QED) is 0.808. The van der Waals surface area contributed by atoms with Crippen LogP contribution in [-0.2, 0) is 7.05 Å². The number of hydrogen-bond acceptors (Lipinski definition) is 2. The summed E-state index contributed by atoms with van der Waals surface area (Å²) in [7, 11) is 1.77. The molecule has 1 aromatic carbocycles. The average Bonchev–Trinajstić information content (AvgIpc) is 2.57. The van der Waals surface area contributed by atoms with Gasteiger partial charge in [-0.25, -0.2) is 4.98 Å². The lowest BCUT2D eigenvalue weighted by atomic mass is 10.1. The van der Waals surface area contributed by atoms with Gasteiger partial charge in [-0.05, 0) is 40.3 Å². The molecule has 3 nitrogen and oxygen atoms in total. The van der Waals surface area contributed by atoms with Crippen molar-refractivity contribution in [2.75, 3.05) is 0 Å². The molecule has 0 saturated heterocycles. The van der Waals surface area contributed by atoms with E-state index in [0.717, 1.165) is 5.56 Å². The van der Waals surface area contributed by atoms with Crippen molar-refractivity contribution in [1.29, 1.82) is 0 Å². The van der Waals surface area contributed by atoms with Gasteiger partial charge in [0.2, 0.25) is 0 Å². The summed E-state index contributed by atoms with van der Waals surface area (Å²) in [4.78, 5) is 4.24. The summed E-state index contributed by atoms with van der Waals surface area (Å²) in [6.07, 6.45) is -0.807. The van der Waals surface area contributed by atoms with Crippen molar-refractivity contribution in [3.05, 3.63) is 49.5 Å². The van der Waals surface area contributed by atoms with Gasteiger partial charge >= 0.3 is 0 Å². The van der Waals surface area contributed by atoms with Crippen LogP contribution in [0.3, 0.4) is 0 Å². The van der Waals surface area contributed by atoms with E-state index in [2.05, 4.69) is 4.98 Å². The number of nitrogens with zero attached hydrogens (tertiary/aromatic N) is 2. The van der Waals surface area contributed by atoms with Crippen LogP contribution in [0.1, 0.15) is 17.5 Å². The van der Waals surface area contributed by atoms with Crippen molar-refractivity contribution >= 4 is 45.8 Å². The third-order valence-electron chi connectivity index (χ3n) is 2.45. The highest BCUT2D eigenvalue weighted by molar-refractivity contribution is 14.1. The molecular formula is C11H9Cl2IN2O. The van der Waals surface area contributed by atoms with Crippen LogP contribution < -0.4 is 0 Å². The summed E-state index contributed by atoms with van der Waals surface area (Å²) in [6, 6.07) is 7.00. The molecule has 1 atom stereocenters. The first-order valence-electron chi connectivity index (χ1n) is 4.82. The van der Waals surface area contributed by atoms with Crippen molar-refractivity contribution in [1.82, 2.24) is 9.55 Å². The molecule has 17 heavy (non-hydrogen) atoms. The van der Waals surface area contributed by atoms with Gasteiger partial charge < -0.3 is 9.67 Å². The largest absolute Gasteiger partial charge is 0.380 e. The Balaban J connectivity index is 2.40. The van der Waals surface area contributed by atoms with Crippen LogP contribution >= 0.6 is 45.8 Å². The standard InChI is InChI=1S/C11H9Cl2IN2O/c1-16-9(13)10(14)15-11(16)8(17)6-2-4-7(12)5-3-6/h2-5,8,17H,1H3/t8-/m0/s1. The van der Waals surface area contributed by atoms with E-state index < -0.39 is 6.10 Å². The topological polar surface area (TPSA) is 38.0 Å². The van der Waals surface area contributed by atoms with E-state index in [0.29, 0.717) is 19.7 Å². The van der Waals surface area contributed by atoms with Crippen LogP contribution in [0.2, 0.25) is 10.2 Å². The van der Waals surface area contributed by atoms with E-state index in [1.54, 1.807) is 35.9 Å². The monoisotopic (exact) mass is 382 g/mol. The molecule has 0 bridgehead atoms. The average molecular weight is 383 g/mol. The molecule has 0 spiro atoms. The van der Waals surface area contributed by atoms with Crippen LogP contribution in [0.4, 0.5) is 0 Å². The van der Waals surface area contributed by atoms with Gasteiger partial charge in [-0.1, -0.05) is 35.3 Å². The minimum Gasteiger partial charge on any atom is -0.380 e. The van der Waals surface area contributed by atoms with Gasteiger partial charge in [-0.2, -0.15) is 0 Å². The molecule has 2 aromatic rings. The van der Waals surface area contributed by atoms with Crippen LogP contribution in [0.5, 0.6) is 0 Å². The maximum atomic E-state index is 10.2. The Kier molecular flexibility index (Phi) is 3.97. The predicted molar refractivity (Wildman–Crippen MR) is 76.4 cm³/mol. The zero-order chi connectivity index (χ0) is 12.6. The Bertz CT molecular complexity index is 539. The number of rotatable bonds is 2. The molecule has 0 aliphatic carbocycles. The molecule has 90 valence electrons. The van der Waals surface area contributed by atoms with Crippen molar-refractivity contribution in [3.8, 4) is 0 Å². The number of halogens is 3. The van der Waals surface area contributed by atoms with Gasteiger partial charge in [0.05, 0.1) is 0 Å². The second kappa shape index (κ2) is 5.14. The minimum atomic E-state index is -0.807. The van der Waals surface area contributed by atoms with Crippen molar-refractivity contribution in [3.63, 3.8) is 0 Å². The van der Waals surface area contributed by atoms with E-state index in [4.69, 9.17) is 23.2 Å². The maximum Gasteiger partial charge on any atom is 0.144 e. The molecule has 2 rings (SSSR count). The van der Waals surface area contributed by atoms with Gasteiger partial charge in [-0.3, -0.25) is 0 Å². The van der Waals surface area contributed by atoms with E-state index >= 15 is 0 Å². The molecule has 0 fully saturated rings. The lowest BCUT2D eigenvalue weighted by molar-refractivity contribution is 0.206. The molecule has 1 aromatic heterocycles. The van der Waals surface area contributed by atoms with E-state index in [9.17, 15) is 5.11 Å². The van der Waals surface area contributed by atoms with Crippen LogP contribution in [0, 0.1) is 3.70 Å². The Hall–Kier alpha value is -0.300. The van der Waals surface area contributed by atoms with Gasteiger partial charge in [-0.15, -0.1) is 0 Å². The molecule has 1 heterocycles. The molecule has 0 unspecified atom stereocenters. The molecule has 0 aliphatic rings. The van der Waals surface area contributed by atoms with Crippen molar-refractivity contribution in [2.45, 2.75) is 6.10 Å². The Labute approximate surface area is 123 Å². The number of hydrogen-bond donors (Lipinski definition) is 1. The molecule has 6 heteroatoms. The lowest BCUT2D eigenvalue weighted by Crippen LogP contribution is -2.07. The number of aliphatic hydroxyl groups is 1. The molecule has 0 amide bonds. The van der Waals surface area contributed by atoms with Crippen molar-refractivity contribution in [2.24, 2.45) is 7.05 Å². The second-order valence-electron chi connectivity index (χ2n) is 3.56. The summed E-state index contributed by atoms with van der Waals surface area (Å²) in [5.41, 5.74) is 0.732. The Morgan fingerprint density at radius 1 is 1.29 bits per heavy atom. The van der Waals surface area contributed by atoms with E-state index in [1.807, 2.05) is 22.6 Å². The van der Waals surface area contributed by atoms with E-state index in [-0.39, 0.29) is 0 Å². The number of benzene rings is 1. The molecule has 0 radical (unpaired) electrons. The number of imidazole rings is 1. The summed E-state index contributed by atoms with van der Waals surface area (Å²) in [6.45, 7) is 0. The zero-order valence-corrected chi connectivity index (χ0v) is 12.5. The van der Waals surface area contributed by atoms with Crippen LogP contribution in [0.15, 0.2) is 24.3 Å². The Morgan fingerprint density at radius 2 is 1.88 bits per heavy atom. The summed E-state index contributed by atoms with van der Waals surface area (Å²) in [5, 5.41) is 11.4. The van der Waals surface area contributed by atoms with Gasteiger partial charge in [0, 0.05) is 12.1 Å². The summed E-state index contributed by atoms with van der Waals surface area (Å²) >= 11 is 13.8.